The summed E-state index contributed by atoms with van der Waals surface area (Å²) in [5, 5.41) is 0.740. The van der Waals surface area contributed by atoms with E-state index in [2.05, 4.69) is 4.85 Å². The number of rotatable bonds is 2. The molecule has 0 aliphatic heterocycles. The van der Waals surface area contributed by atoms with Gasteiger partial charge in [-0.05, 0) is 17.7 Å². The van der Waals surface area contributed by atoms with Crippen LogP contribution in [0.3, 0.4) is 0 Å². The van der Waals surface area contributed by atoms with Crippen LogP contribution in [0.2, 0.25) is 5.02 Å². The summed E-state index contributed by atoms with van der Waals surface area (Å²) in [6, 6.07) is 7.67. The van der Waals surface area contributed by atoms with Crippen molar-refractivity contribution >= 4 is 11.6 Å². The Morgan fingerprint density at radius 1 is 1.58 bits per heavy atom. The lowest BCUT2D eigenvalue weighted by Gasteiger charge is -2.04. The molecule has 1 aromatic carbocycles. The minimum Gasteiger partial charge on any atom is -0.316 e. The molecule has 0 radical (unpaired) electrons. The van der Waals surface area contributed by atoms with Gasteiger partial charge in [-0.2, -0.15) is 0 Å². The van der Waals surface area contributed by atoms with E-state index in [0.717, 1.165) is 10.6 Å². The molecule has 1 aromatic rings. The van der Waals surface area contributed by atoms with Crippen molar-refractivity contribution in [1.29, 1.82) is 0 Å². The Morgan fingerprint density at radius 2 is 2.33 bits per heavy atom. The largest absolute Gasteiger partial charge is 0.316 e. The number of nitrogens with zero attached hydrogens (tertiary/aromatic N) is 1. The minimum atomic E-state index is 0.279. The molecule has 62 valence electrons. The van der Waals surface area contributed by atoms with Crippen molar-refractivity contribution in [3.8, 4) is 0 Å². The summed E-state index contributed by atoms with van der Waals surface area (Å²) in [4.78, 5) is 3.35. The molecular weight excluding hydrogens is 170 g/mol. The molecule has 1 atom stereocenters. The summed E-state index contributed by atoms with van der Waals surface area (Å²) < 4.78 is 0. The van der Waals surface area contributed by atoms with Gasteiger partial charge >= 0.3 is 0 Å². The number of hydrogen-bond acceptors (Lipinski definition) is 0. The fourth-order valence-corrected chi connectivity index (χ4v) is 1.25. The fraction of sp³-hybridized carbons (Fsp3) is 0.300. The zero-order chi connectivity index (χ0) is 8.97. The van der Waals surface area contributed by atoms with Crippen LogP contribution in [0.1, 0.15) is 18.4 Å². The van der Waals surface area contributed by atoms with Gasteiger partial charge in [-0.3, -0.25) is 0 Å². The monoisotopic (exact) mass is 179 g/mol. The third kappa shape index (κ3) is 2.25. The number of benzene rings is 1. The van der Waals surface area contributed by atoms with Gasteiger partial charge in [-0.25, -0.2) is 6.57 Å². The fourth-order valence-electron chi connectivity index (χ4n) is 1.06. The molecule has 0 fully saturated rings. The molecule has 0 aliphatic rings. The maximum absolute atomic E-state index is 6.73. The molecule has 2 heteroatoms. The second-order valence-electron chi connectivity index (χ2n) is 2.80. The molecule has 0 saturated heterocycles. The Balaban J connectivity index is 2.82. The predicted molar refractivity (Wildman–Crippen MR) is 51.3 cm³/mol. The van der Waals surface area contributed by atoms with Crippen LogP contribution >= 0.6 is 11.6 Å². The van der Waals surface area contributed by atoms with Crippen molar-refractivity contribution in [3.05, 3.63) is 46.3 Å². The molecule has 0 bridgehead atoms. The Labute approximate surface area is 77.8 Å². The molecule has 12 heavy (non-hydrogen) atoms. The second kappa shape index (κ2) is 4.13. The third-order valence-corrected chi connectivity index (χ3v) is 2.02. The molecule has 0 heterocycles. The van der Waals surface area contributed by atoms with Crippen LogP contribution in [0.5, 0.6) is 0 Å². The van der Waals surface area contributed by atoms with Crippen LogP contribution < -0.4 is 0 Å². The molecule has 0 aromatic heterocycles. The van der Waals surface area contributed by atoms with Gasteiger partial charge in [0.15, 0.2) is 0 Å². The summed E-state index contributed by atoms with van der Waals surface area (Å²) in [5.74, 6) is 0.279. The molecule has 0 spiro atoms. The summed E-state index contributed by atoms with van der Waals surface area (Å²) >= 11 is 5.81. The van der Waals surface area contributed by atoms with E-state index in [-0.39, 0.29) is 5.92 Å². The Kier molecular flexibility index (Phi) is 3.13. The first kappa shape index (κ1) is 9.09. The molecule has 0 N–H and O–H groups in total. The van der Waals surface area contributed by atoms with Crippen molar-refractivity contribution in [1.82, 2.24) is 0 Å². The van der Waals surface area contributed by atoms with Crippen LogP contribution in [-0.4, -0.2) is 6.54 Å². The van der Waals surface area contributed by atoms with Gasteiger partial charge in [-0.1, -0.05) is 30.7 Å². The van der Waals surface area contributed by atoms with E-state index in [1.807, 2.05) is 31.2 Å². The van der Waals surface area contributed by atoms with E-state index in [1.54, 1.807) is 0 Å². The van der Waals surface area contributed by atoms with E-state index in [9.17, 15) is 0 Å². The quantitative estimate of drug-likeness (QED) is 0.614. The Bertz CT molecular complexity index is 301. The van der Waals surface area contributed by atoms with E-state index >= 15 is 0 Å². The van der Waals surface area contributed by atoms with Crippen molar-refractivity contribution < 1.29 is 0 Å². The van der Waals surface area contributed by atoms with Crippen molar-refractivity contribution in [3.63, 3.8) is 0 Å². The summed E-state index contributed by atoms with van der Waals surface area (Å²) in [6.07, 6.45) is 0. The van der Waals surface area contributed by atoms with E-state index in [1.165, 1.54) is 0 Å². The Morgan fingerprint density at radius 3 is 2.92 bits per heavy atom. The lowest BCUT2D eigenvalue weighted by Crippen LogP contribution is -1.95. The number of halogens is 1. The van der Waals surface area contributed by atoms with E-state index < -0.39 is 0 Å². The second-order valence-corrected chi connectivity index (χ2v) is 3.23. The standard InChI is InChI=1S/C10H10ClN/c1-8(7-12-2)9-4-3-5-10(11)6-9/h3-6,8H,7H2,1H3. The van der Waals surface area contributed by atoms with Gasteiger partial charge in [0.25, 0.3) is 0 Å². The van der Waals surface area contributed by atoms with Gasteiger partial charge in [0.05, 0.1) is 5.92 Å². The summed E-state index contributed by atoms with van der Waals surface area (Å²) in [7, 11) is 0. The average molecular weight is 180 g/mol. The van der Waals surface area contributed by atoms with Gasteiger partial charge in [-0.15, -0.1) is 0 Å². The maximum atomic E-state index is 6.73. The zero-order valence-corrected chi connectivity index (χ0v) is 7.67. The van der Waals surface area contributed by atoms with Crippen molar-refractivity contribution in [2.24, 2.45) is 0 Å². The van der Waals surface area contributed by atoms with Crippen LogP contribution in [0.25, 0.3) is 4.85 Å². The van der Waals surface area contributed by atoms with Crippen molar-refractivity contribution in [2.75, 3.05) is 6.54 Å². The number of hydrogen-bond donors (Lipinski definition) is 0. The lowest BCUT2D eigenvalue weighted by molar-refractivity contribution is 0.834. The third-order valence-electron chi connectivity index (χ3n) is 1.78. The van der Waals surface area contributed by atoms with Crippen LogP contribution in [-0.2, 0) is 0 Å². The van der Waals surface area contributed by atoms with E-state index in [4.69, 9.17) is 18.2 Å². The van der Waals surface area contributed by atoms with Crippen LogP contribution in [0, 0.1) is 6.57 Å². The SMILES string of the molecule is [C-]#[N+]CC(C)c1cccc(Cl)c1. The molecule has 1 nitrogen and oxygen atoms in total. The first-order chi connectivity index (χ1) is 5.74. The van der Waals surface area contributed by atoms with Crippen LogP contribution in [0.15, 0.2) is 24.3 Å². The zero-order valence-electron chi connectivity index (χ0n) is 6.92. The van der Waals surface area contributed by atoms with E-state index in [0.29, 0.717) is 6.54 Å². The first-order valence-corrected chi connectivity index (χ1v) is 4.20. The van der Waals surface area contributed by atoms with Gasteiger partial charge < -0.3 is 4.85 Å². The highest BCUT2D eigenvalue weighted by molar-refractivity contribution is 6.30. The first-order valence-electron chi connectivity index (χ1n) is 3.82. The highest BCUT2D eigenvalue weighted by Crippen LogP contribution is 2.19. The summed E-state index contributed by atoms with van der Waals surface area (Å²) in [5.41, 5.74) is 1.14. The molecule has 0 aliphatic carbocycles. The van der Waals surface area contributed by atoms with Crippen molar-refractivity contribution in [2.45, 2.75) is 12.8 Å². The molecule has 0 amide bonds. The molecule has 1 unspecified atom stereocenters. The predicted octanol–water partition coefficient (Wildman–Crippen LogP) is 3.36. The summed E-state index contributed by atoms with van der Waals surface area (Å²) in [6.45, 7) is 9.29. The molecule has 1 rings (SSSR count). The van der Waals surface area contributed by atoms with Gasteiger partial charge in [0, 0.05) is 5.02 Å². The lowest BCUT2D eigenvalue weighted by atomic mass is 10.0. The average Bonchev–Trinajstić information content (AvgIpc) is 2.05. The normalized spacial score (nSPS) is 12.1. The van der Waals surface area contributed by atoms with Gasteiger partial charge in [0.2, 0.25) is 6.54 Å². The smallest absolute Gasteiger partial charge is 0.221 e. The minimum absolute atomic E-state index is 0.279. The van der Waals surface area contributed by atoms with Crippen LogP contribution in [0.4, 0.5) is 0 Å². The topological polar surface area (TPSA) is 4.36 Å². The Hall–Kier alpha value is -1.00. The van der Waals surface area contributed by atoms with Gasteiger partial charge in [0.1, 0.15) is 0 Å². The highest BCUT2D eigenvalue weighted by atomic mass is 35.5. The maximum Gasteiger partial charge on any atom is 0.221 e. The molecule has 0 saturated carbocycles. The highest BCUT2D eigenvalue weighted by Gasteiger charge is 2.07. The molecular formula is C10H10ClN.